The number of pyridine rings is 1. The average molecular weight is 237 g/mol. The summed E-state index contributed by atoms with van der Waals surface area (Å²) in [5.41, 5.74) is 0.994. The van der Waals surface area contributed by atoms with Crippen LogP contribution in [-0.2, 0) is 0 Å². The molecule has 0 aliphatic heterocycles. The highest BCUT2D eigenvalue weighted by molar-refractivity contribution is 5.33. The minimum atomic E-state index is 0.560. The molecule has 4 heteroatoms. The number of para-hydroxylation sites is 1. The molecule has 0 bridgehead atoms. The molecule has 0 amide bonds. The van der Waals surface area contributed by atoms with Crippen LogP contribution in [0.5, 0.6) is 11.6 Å². The van der Waals surface area contributed by atoms with Crippen molar-refractivity contribution in [1.82, 2.24) is 14.8 Å². The van der Waals surface area contributed by atoms with Crippen molar-refractivity contribution < 1.29 is 4.74 Å². The van der Waals surface area contributed by atoms with Gasteiger partial charge >= 0.3 is 0 Å². The van der Waals surface area contributed by atoms with Gasteiger partial charge < -0.3 is 4.74 Å². The minimum absolute atomic E-state index is 0.560. The quantitative estimate of drug-likeness (QED) is 0.702. The van der Waals surface area contributed by atoms with Gasteiger partial charge in [0.25, 0.3) is 0 Å². The van der Waals surface area contributed by atoms with Crippen LogP contribution in [0.15, 0.2) is 67.1 Å². The van der Waals surface area contributed by atoms with Crippen LogP contribution in [0, 0.1) is 0 Å². The third kappa shape index (κ3) is 2.22. The van der Waals surface area contributed by atoms with E-state index in [9.17, 15) is 0 Å². The first-order valence-electron chi connectivity index (χ1n) is 5.61. The lowest BCUT2D eigenvalue weighted by molar-refractivity contribution is 0.463. The lowest BCUT2D eigenvalue weighted by Gasteiger charge is -2.00. The van der Waals surface area contributed by atoms with Crippen LogP contribution in [0.1, 0.15) is 0 Å². The van der Waals surface area contributed by atoms with Crippen LogP contribution in [0.3, 0.4) is 0 Å². The van der Waals surface area contributed by atoms with Crippen LogP contribution in [0.25, 0.3) is 5.69 Å². The second kappa shape index (κ2) is 4.71. The number of ether oxygens (including phenoxy) is 1. The summed E-state index contributed by atoms with van der Waals surface area (Å²) in [5.74, 6) is 1.22. The van der Waals surface area contributed by atoms with E-state index in [2.05, 4.69) is 10.1 Å². The van der Waals surface area contributed by atoms with E-state index in [0.29, 0.717) is 11.6 Å². The summed E-state index contributed by atoms with van der Waals surface area (Å²) in [6.07, 6.45) is 5.18. The van der Waals surface area contributed by atoms with Gasteiger partial charge in [-0.05, 0) is 18.2 Å². The summed E-state index contributed by atoms with van der Waals surface area (Å²) in [4.78, 5) is 4.10. The van der Waals surface area contributed by atoms with Crippen molar-refractivity contribution in [2.24, 2.45) is 0 Å². The normalized spacial score (nSPS) is 10.2. The Morgan fingerprint density at radius 2 is 1.78 bits per heavy atom. The fourth-order valence-corrected chi connectivity index (χ4v) is 1.61. The Morgan fingerprint density at radius 3 is 2.56 bits per heavy atom. The zero-order valence-electron chi connectivity index (χ0n) is 9.60. The van der Waals surface area contributed by atoms with E-state index in [1.807, 2.05) is 48.7 Å². The highest BCUT2D eigenvalue weighted by Gasteiger charge is 2.02. The molecule has 0 spiro atoms. The van der Waals surface area contributed by atoms with E-state index in [1.165, 1.54) is 0 Å². The molecule has 0 N–H and O–H groups in total. The first kappa shape index (κ1) is 10.5. The van der Waals surface area contributed by atoms with E-state index in [0.717, 1.165) is 5.69 Å². The fourth-order valence-electron chi connectivity index (χ4n) is 1.61. The summed E-state index contributed by atoms with van der Waals surface area (Å²) < 4.78 is 7.35. The largest absolute Gasteiger partial charge is 0.436 e. The van der Waals surface area contributed by atoms with Gasteiger partial charge in [-0.15, -0.1) is 0 Å². The van der Waals surface area contributed by atoms with E-state index < -0.39 is 0 Å². The number of nitrogens with zero attached hydrogens (tertiary/aromatic N) is 3. The maximum absolute atomic E-state index is 5.59. The Morgan fingerprint density at radius 1 is 0.944 bits per heavy atom. The summed E-state index contributed by atoms with van der Waals surface area (Å²) in [5, 5.41) is 4.25. The van der Waals surface area contributed by atoms with Gasteiger partial charge in [0.15, 0.2) is 5.75 Å². The molecule has 88 valence electrons. The van der Waals surface area contributed by atoms with Gasteiger partial charge in [0, 0.05) is 12.3 Å². The molecule has 4 nitrogen and oxygen atoms in total. The Labute approximate surface area is 104 Å². The molecular weight excluding hydrogens is 226 g/mol. The summed E-state index contributed by atoms with van der Waals surface area (Å²) in [6.45, 7) is 0. The van der Waals surface area contributed by atoms with Gasteiger partial charge in [0.1, 0.15) is 0 Å². The van der Waals surface area contributed by atoms with Crippen molar-refractivity contribution >= 4 is 0 Å². The van der Waals surface area contributed by atoms with Crippen molar-refractivity contribution in [1.29, 1.82) is 0 Å². The fraction of sp³-hybridized carbons (Fsp3) is 0. The van der Waals surface area contributed by atoms with E-state index in [1.54, 1.807) is 23.1 Å². The van der Waals surface area contributed by atoms with Gasteiger partial charge in [-0.1, -0.05) is 24.3 Å². The zero-order valence-corrected chi connectivity index (χ0v) is 9.60. The van der Waals surface area contributed by atoms with Crippen LogP contribution in [0.2, 0.25) is 0 Å². The van der Waals surface area contributed by atoms with Crippen LogP contribution >= 0.6 is 0 Å². The molecule has 2 heterocycles. The highest BCUT2D eigenvalue weighted by Crippen LogP contribution is 2.19. The predicted octanol–water partition coefficient (Wildman–Crippen LogP) is 3.06. The minimum Gasteiger partial charge on any atom is -0.436 e. The molecule has 0 radical (unpaired) electrons. The topological polar surface area (TPSA) is 39.9 Å². The number of rotatable bonds is 3. The smallest absolute Gasteiger partial charge is 0.219 e. The number of hydrogen-bond donors (Lipinski definition) is 0. The molecule has 0 fully saturated rings. The van der Waals surface area contributed by atoms with Crippen LogP contribution < -0.4 is 4.74 Å². The standard InChI is InChI=1S/C14H11N3O/c1-2-6-12(7-3-1)17-11-13(10-16-17)18-14-8-4-5-9-15-14/h1-11H. The molecule has 2 aromatic heterocycles. The molecule has 0 unspecified atom stereocenters. The molecule has 0 aliphatic rings. The second-order valence-corrected chi connectivity index (χ2v) is 3.73. The monoisotopic (exact) mass is 237 g/mol. The molecule has 0 saturated carbocycles. The van der Waals surface area contributed by atoms with Crippen molar-refractivity contribution in [3.8, 4) is 17.3 Å². The molecule has 0 atom stereocenters. The Balaban J connectivity index is 1.82. The molecule has 3 aromatic rings. The van der Waals surface area contributed by atoms with Crippen molar-refractivity contribution in [3.05, 3.63) is 67.1 Å². The van der Waals surface area contributed by atoms with Gasteiger partial charge in [0.05, 0.1) is 18.1 Å². The van der Waals surface area contributed by atoms with E-state index in [-0.39, 0.29) is 0 Å². The second-order valence-electron chi connectivity index (χ2n) is 3.73. The first-order valence-corrected chi connectivity index (χ1v) is 5.61. The molecule has 0 saturated heterocycles. The van der Waals surface area contributed by atoms with Crippen molar-refractivity contribution in [3.63, 3.8) is 0 Å². The van der Waals surface area contributed by atoms with Crippen molar-refractivity contribution in [2.75, 3.05) is 0 Å². The lowest BCUT2D eigenvalue weighted by Crippen LogP contribution is -1.92. The molecule has 3 rings (SSSR count). The molecule has 1 aromatic carbocycles. The molecule has 18 heavy (non-hydrogen) atoms. The maximum atomic E-state index is 5.59. The first-order chi connectivity index (χ1) is 8.92. The number of aromatic nitrogens is 3. The Kier molecular flexibility index (Phi) is 2.75. The van der Waals surface area contributed by atoms with Crippen LogP contribution in [-0.4, -0.2) is 14.8 Å². The maximum Gasteiger partial charge on any atom is 0.219 e. The lowest BCUT2D eigenvalue weighted by atomic mass is 10.3. The summed E-state index contributed by atoms with van der Waals surface area (Å²) in [6, 6.07) is 15.4. The number of hydrogen-bond acceptors (Lipinski definition) is 3. The van der Waals surface area contributed by atoms with E-state index >= 15 is 0 Å². The Hall–Kier alpha value is -2.62. The van der Waals surface area contributed by atoms with Crippen molar-refractivity contribution in [2.45, 2.75) is 0 Å². The van der Waals surface area contributed by atoms with Gasteiger partial charge in [-0.3, -0.25) is 0 Å². The molecule has 0 aliphatic carbocycles. The number of benzene rings is 1. The third-order valence-corrected chi connectivity index (χ3v) is 2.44. The highest BCUT2D eigenvalue weighted by atomic mass is 16.5. The Bertz CT molecular complexity index is 620. The third-order valence-electron chi connectivity index (χ3n) is 2.44. The average Bonchev–Trinajstić information content (AvgIpc) is 2.89. The summed E-state index contributed by atoms with van der Waals surface area (Å²) >= 11 is 0. The molecular formula is C14H11N3O. The SMILES string of the molecule is c1ccc(-n2cc(Oc3ccccn3)cn2)cc1. The van der Waals surface area contributed by atoms with Crippen LogP contribution in [0.4, 0.5) is 0 Å². The predicted molar refractivity (Wildman–Crippen MR) is 67.9 cm³/mol. The van der Waals surface area contributed by atoms with Gasteiger partial charge in [-0.25, -0.2) is 9.67 Å². The summed E-state index contributed by atoms with van der Waals surface area (Å²) in [7, 11) is 0. The van der Waals surface area contributed by atoms with Gasteiger partial charge in [-0.2, -0.15) is 5.10 Å². The van der Waals surface area contributed by atoms with E-state index in [4.69, 9.17) is 4.74 Å². The zero-order chi connectivity index (χ0) is 12.2. The van der Waals surface area contributed by atoms with Gasteiger partial charge in [0.2, 0.25) is 5.88 Å².